The van der Waals surface area contributed by atoms with Crippen molar-refractivity contribution in [2.45, 2.75) is 32.7 Å². The normalized spacial score (nSPS) is 12.6. The average Bonchev–Trinajstić information content (AvgIpc) is 2.74. The van der Waals surface area contributed by atoms with Gasteiger partial charge in [-0.2, -0.15) is 5.10 Å². The molecule has 1 heterocycles. The fourth-order valence-corrected chi connectivity index (χ4v) is 2.33. The molecule has 102 valence electrons. The Balaban J connectivity index is 2.29. The van der Waals surface area contributed by atoms with Gasteiger partial charge in [0, 0.05) is 18.3 Å². The molecule has 4 nitrogen and oxygen atoms in total. The highest BCUT2D eigenvalue weighted by molar-refractivity contribution is 5.34. The third-order valence-corrected chi connectivity index (χ3v) is 3.60. The number of hydrazine groups is 1. The Bertz CT molecular complexity index is 528. The Labute approximate surface area is 114 Å². The molecule has 0 bridgehead atoms. The molecule has 1 aromatic carbocycles. The Morgan fingerprint density at radius 3 is 2.47 bits per heavy atom. The number of aromatic nitrogens is 2. The van der Waals surface area contributed by atoms with Gasteiger partial charge >= 0.3 is 0 Å². The van der Waals surface area contributed by atoms with Gasteiger partial charge in [0.25, 0.3) is 0 Å². The summed E-state index contributed by atoms with van der Waals surface area (Å²) in [5.74, 6) is 5.72. The van der Waals surface area contributed by atoms with E-state index < -0.39 is 0 Å². The molecule has 19 heavy (non-hydrogen) atoms. The number of hydrogen-bond donors (Lipinski definition) is 2. The number of benzene rings is 1. The first-order valence-electron chi connectivity index (χ1n) is 6.70. The van der Waals surface area contributed by atoms with Crippen LogP contribution >= 0.6 is 0 Å². The lowest BCUT2D eigenvalue weighted by Gasteiger charge is -2.16. The van der Waals surface area contributed by atoms with Gasteiger partial charge in [0.1, 0.15) is 0 Å². The first-order valence-corrected chi connectivity index (χ1v) is 6.70. The molecule has 3 N–H and O–H groups in total. The first-order chi connectivity index (χ1) is 9.17. The standard InChI is InChI=1S/C15H22N4/c1-4-5-12-6-8-13(9-7-12)15(18-16)14-10-17-19(3)11(14)2/h6-10,15,18H,4-5,16H2,1-3H3. The zero-order valence-electron chi connectivity index (χ0n) is 11.9. The SMILES string of the molecule is CCCc1ccc(C(NN)c2cnn(C)c2C)cc1. The van der Waals surface area contributed by atoms with Crippen LogP contribution in [0.2, 0.25) is 0 Å². The van der Waals surface area contributed by atoms with Gasteiger partial charge in [-0.05, 0) is 24.5 Å². The van der Waals surface area contributed by atoms with Crippen LogP contribution in [0.4, 0.5) is 0 Å². The quantitative estimate of drug-likeness (QED) is 0.639. The van der Waals surface area contributed by atoms with E-state index in [-0.39, 0.29) is 6.04 Å². The van der Waals surface area contributed by atoms with Crippen molar-refractivity contribution in [1.29, 1.82) is 0 Å². The average molecular weight is 258 g/mol. The van der Waals surface area contributed by atoms with Crippen LogP contribution in [0.5, 0.6) is 0 Å². The van der Waals surface area contributed by atoms with E-state index in [2.05, 4.69) is 48.6 Å². The summed E-state index contributed by atoms with van der Waals surface area (Å²) in [5, 5.41) is 4.28. The molecule has 1 atom stereocenters. The largest absolute Gasteiger partial charge is 0.273 e. The maximum atomic E-state index is 5.72. The number of nitrogens with zero attached hydrogens (tertiary/aromatic N) is 2. The number of nitrogens with two attached hydrogens (primary N) is 1. The molecule has 0 aliphatic carbocycles. The van der Waals surface area contributed by atoms with Gasteiger partial charge in [-0.15, -0.1) is 0 Å². The number of nitrogens with one attached hydrogen (secondary N) is 1. The predicted octanol–water partition coefficient (Wildman–Crippen LogP) is 2.23. The molecule has 0 fully saturated rings. The minimum Gasteiger partial charge on any atom is -0.273 e. The summed E-state index contributed by atoms with van der Waals surface area (Å²) >= 11 is 0. The molecule has 0 amide bonds. The fraction of sp³-hybridized carbons (Fsp3) is 0.400. The van der Waals surface area contributed by atoms with Crippen LogP contribution in [0.1, 0.15) is 41.8 Å². The predicted molar refractivity (Wildman–Crippen MR) is 77.5 cm³/mol. The highest BCUT2D eigenvalue weighted by Crippen LogP contribution is 2.24. The lowest BCUT2D eigenvalue weighted by atomic mass is 9.98. The Morgan fingerprint density at radius 1 is 1.32 bits per heavy atom. The number of hydrogen-bond acceptors (Lipinski definition) is 3. The molecule has 4 heteroatoms. The highest BCUT2D eigenvalue weighted by Gasteiger charge is 2.17. The Hall–Kier alpha value is -1.65. The van der Waals surface area contributed by atoms with Crippen molar-refractivity contribution < 1.29 is 0 Å². The Kier molecular flexibility index (Phi) is 4.35. The van der Waals surface area contributed by atoms with E-state index in [4.69, 9.17) is 5.84 Å². The second-order valence-electron chi connectivity index (χ2n) is 4.90. The molecule has 1 unspecified atom stereocenters. The molecular weight excluding hydrogens is 236 g/mol. The summed E-state index contributed by atoms with van der Waals surface area (Å²) in [5.41, 5.74) is 7.66. The van der Waals surface area contributed by atoms with Crippen LogP contribution in [-0.4, -0.2) is 9.78 Å². The van der Waals surface area contributed by atoms with Crippen LogP contribution in [0.3, 0.4) is 0 Å². The minimum absolute atomic E-state index is 0.00984. The van der Waals surface area contributed by atoms with Crippen LogP contribution < -0.4 is 11.3 Å². The van der Waals surface area contributed by atoms with Crippen molar-refractivity contribution in [3.8, 4) is 0 Å². The van der Waals surface area contributed by atoms with Crippen molar-refractivity contribution in [3.63, 3.8) is 0 Å². The van der Waals surface area contributed by atoms with E-state index in [9.17, 15) is 0 Å². The topological polar surface area (TPSA) is 55.9 Å². The summed E-state index contributed by atoms with van der Waals surface area (Å²) in [6, 6.07) is 8.62. The van der Waals surface area contributed by atoms with E-state index in [1.165, 1.54) is 17.5 Å². The summed E-state index contributed by atoms with van der Waals surface area (Å²) in [6.07, 6.45) is 4.16. The maximum absolute atomic E-state index is 5.72. The van der Waals surface area contributed by atoms with Crippen LogP contribution in [0, 0.1) is 6.92 Å². The van der Waals surface area contributed by atoms with E-state index >= 15 is 0 Å². The second-order valence-corrected chi connectivity index (χ2v) is 4.90. The van der Waals surface area contributed by atoms with Crippen molar-refractivity contribution >= 4 is 0 Å². The maximum Gasteiger partial charge on any atom is 0.0743 e. The molecule has 0 aliphatic heterocycles. The van der Waals surface area contributed by atoms with Crippen molar-refractivity contribution in [2.75, 3.05) is 0 Å². The molecule has 0 saturated carbocycles. The van der Waals surface area contributed by atoms with Gasteiger partial charge in [0.05, 0.1) is 12.2 Å². The van der Waals surface area contributed by atoms with Crippen LogP contribution in [0.25, 0.3) is 0 Å². The molecule has 0 radical (unpaired) electrons. The smallest absolute Gasteiger partial charge is 0.0743 e. The van der Waals surface area contributed by atoms with Gasteiger partial charge in [-0.3, -0.25) is 10.5 Å². The number of rotatable bonds is 5. The summed E-state index contributed by atoms with van der Waals surface area (Å²) in [6.45, 7) is 4.25. The minimum atomic E-state index is -0.00984. The van der Waals surface area contributed by atoms with E-state index in [0.29, 0.717) is 0 Å². The van der Waals surface area contributed by atoms with E-state index in [1.807, 2.05) is 17.9 Å². The third kappa shape index (κ3) is 2.85. The highest BCUT2D eigenvalue weighted by atomic mass is 15.3. The van der Waals surface area contributed by atoms with E-state index in [1.54, 1.807) is 0 Å². The fourth-order valence-electron chi connectivity index (χ4n) is 2.33. The van der Waals surface area contributed by atoms with Gasteiger partial charge < -0.3 is 0 Å². The van der Waals surface area contributed by atoms with Gasteiger partial charge in [0.2, 0.25) is 0 Å². The van der Waals surface area contributed by atoms with Gasteiger partial charge in [-0.1, -0.05) is 37.6 Å². The summed E-state index contributed by atoms with van der Waals surface area (Å²) in [7, 11) is 1.94. The Morgan fingerprint density at radius 2 is 2.00 bits per heavy atom. The van der Waals surface area contributed by atoms with Crippen molar-refractivity contribution in [1.82, 2.24) is 15.2 Å². The zero-order valence-corrected chi connectivity index (χ0v) is 11.9. The number of aryl methyl sites for hydroxylation is 2. The lowest BCUT2D eigenvalue weighted by molar-refractivity contribution is 0.630. The second kappa shape index (κ2) is 5.99. The van der Waals surface area contributed by atoms with Gasteiger partial charge in [-0.25, -0.2) is 5.43 Å². The molecular formula is C15H22N4. The molecule has 0 spiro atoms. The first kappa shape index (κ1) is 13.8. The monoisotopic (exact) mass is 258 g/mol. The van der Waals surface area contributed by atoms with Crippen LogP contribution in [-0.2, 0) is 13.5 Å². The van der Waals surface area contributed by atoms with Crippen LogP contribution in [0.15, 0.2) is 30.5 Å². The lowest BCUT2D eigenvalue weighted by Crippen LogP contribution is -2.29. The summed E-state index contributed by atoms with van der Waals surface area (Å²) < 4.78 is 1.87. The molecule has 2 aromatic rings. The zero-order chi connectivity index (χ0) is 13.8. The van der Waals surface area contributed by atoms with Gasteiger partial charge in [0.15, 0.2) is 0 Å². The molecule has 2 rings (SSSR count). The van der Waals surface area contributed by atoms with E-state index in [0.717, 1.165) is 17.7 Å². The molecule has 0 aliphatic rings. The summed E-state index contributed by atoms with van der Waals surface area (Å²) in [4.78, 5) is 0. The van der Waals surface area contributed by atoms with Crippen molar-refractivity contribution in [2.24, 2.45) is 12.9 Å². The van der Waals surface area contributed by atoms with Crippen molar-refractivity contribution in [3.05, 3.63) is 52.8 Å². The molecule has 0 saturated heterocycles. The molecule has 1 aromatic heterocycles. The third-order valence-electron chi connectivity index (χ3n) is 3.60.